The first-order chi connectivity index (χ1) is 11.5. The zero-order valence-corrected chi connectivity index (χ0v) is 13.5. The highest BCUT2D eigenvalue weighted by Gasteiger charge is 2.42. The molecule has 0 radical (unpaired) electrons. The standard InChI is InChI=1S/C17H20N4O3/c1-12-6-8-17(9-7-12,16(23)24)20-15(22)13-2-4-14(5-3-13)21-10-18-19-11-21/h2-5,10-12H,6-9H2,1H3,(H,20,22)(H,23,24). The van der Waals surface area contributed by atoms with Crippen LogP contribution in [0.5, 0.6) is 0 Å². The van der Waals surface area contributed by atoms with Crippen molar-refractivity contribution < 1.29 is 14.7 Å². The van der Waals surface area contributed by atoms with Gasteiger partial charge in [0, 0.05) is 11.3 Å². The molecule has 0 bridgehead atoms. The predicted molar refractivity (Wildman–Crippen MR) is 86.8 cm³/mol. The van der Waals surface area contributed by atoms with Gasteiger partial charge >= 0.3 is 5.97 Å². The van der Waals surface area contributed by atoms with E-state index in [9.17, 15) is 14.7 Å². The molecule has 0 atom stereocenters. The van der Waals surface area contributed by atoms with Crippen molar-refractivity contribution in [2.24, 2.45) is 5.92 Å². The van der Waals surface area contributed by atoms with Crippen LogP contribution >= 0.6 is 0 Å². The van der Waals surface area contributed by atoms with Crippen molar-refractivity contribution in [3.63, 3.8) is 0 Å². The fourth-order valence-corrected chi connectivity index (χ4v) is 3.06. The summed E-state index contributed by atoms with van der Waals surface area (Å²) in [6.45, 7) is 2.11. The minimum absolute atomic E-state index is 0.359. The van der Waals surface area contributed by atoms with Crippen LogP contribution in [0.3, 0.4) is 0 Å². The summed E-state index contributed by atoms with van der Waals surface area (Å²) in [5.41, 5.74) is 0.110. The highest BCUT2D eigenvalue weighted by atomic mass is 16.4. The van der Waals surface area contributed by atoms with E-state index in [2.05, 4.69) is 22.4 Å². The number of aliphatic carboxylic acids is 1. The molecule has 1 fully saturated rings. The number of nitrogens with zero attached hydrogens (tertiary/aromatic N) is 3. The molecule has 0 spiro atoms. The van der Waals surface area contributed by atoms with Crippen LogP contribution in [-0.2, 0) is 4.79 Å². The summed E-state index contributed by atoms with van der Waals surface area (Å²) in [6.07, 6.45) is 5.68. The number of carbonyl (C=O) groups excluding carboxylic acids is 1. The van der Waals surface area contributed by atoms with Gasteiger partial charge in [0.1, 0.15) is 18.2 Å². The Morgan fingerprint density at radius 2 is 1.75 bits per heavy atom. The maximum atomic E-state index is 12.5. The quantitative estimate of drug-likeness (QED) is 0.895. The average Bonchev–Trinajstić information content (AvgIpc) is 3.11. The number of aromatic nitrogens is 3. The van der Waals surface area contributed by atoms with Gasteiger partial charge in [-0.05, 0) is 55.9 Å². The van der Waals surface area contributed by atoms with Crippen molar-refractivity contribution in [1.82, 2.24) is 20.1 Å². The monoisotopic (exact) mass is 328 g/mol. The largest absolute Gasteiger partial charge is 0.480 e. The van der Waals surface area contributed by atoms with Gasteiger partial charge < -0.3 is 10.4 Å². The van der Waals surface area contributed by atoms with Crippen LogP contribution in [0.4, 0.5) is 0 Å². The van der Waals surface area contributed by atoms with Gasteiger partial charge in [0.15, 0.2) is 0 Å². The van der Waals surface area contributed by atoms with Crippen LogP contribution in [0.1, 0.15) is 43.0 Å². The van der Waals surface area contributed by atoms with Crippen molar-refractivity contribution in [3.8, 4) is 5.69 Å². The van der Waals surface area contributed by atoms with Crippen LogP contribution in [0, 0.1) is 5.92 Å². The van der Waals surface area contributed by atoms with E-state index in [1.165, 1.54) is 0 Å². The van der Waals surface area contributed by atoms with Crippen LogP contribution in [0.15, 0.2) is 36.9 Å². The van der Waals surface area contributed by atoms with Gasteiger partial charge in [-0.1, -0.05) is 6.92 Å². The minimum atomic E-state index is -1.16. The molecule has 2 aromatic rings. The molecule has 0 aliphatic heterocycles. The molecule has 1 aliphatic rings. The van der Waals surface area contributed by atoms with Crippen molar-refractivity contribution in [1.29, 1.82) is 0 Å². The average molecular weight is 328 g/mol. The Kier molecular flexibility index (Phi) is 4.33. The number of carboxylic acids is 1. The molecular formula is C17H20N4O3. The Balaban J connectivity index is 1.75. The van der Waals surface area contributed by atoms with Gasteiger partial charge in [0.2, 0.25) is 0 Å². The summed E-state index contributed by atoms with van der Waals surface area (Å²) < 4.78 is 1.73. The van der Waals surface area contributed by atoms with Gasteiger partial charge in [0.25, 0.3) is 5.91 Å². The molecule has 0 saturated heterocycles. The van der Waals surface area contributed by atoms with E-state index >= 15 is 0 Å². The number of carbonyl (C=O) groups is 2. The molecule has 1 saturated carbocycles. The van der Waals surface area contributed by atoms with Crippen LogP contribution in [0.25, 0.3) is 5.69 Å². The molecule has 24 heavy (non-hydrogen) atoms. The lowest BCUT2D eigenvalue weighted by atomic mass is 9.77. The van der Waals surface area contributed by atoms with E-state index in [4.69, 9.17) is 0 Å². The highest BCUT2D eigenvalue weighted by Crippen LogP contribution is 2.32. The third kappa shape index (κ3) is 3.15. The van der Waals surface area contributed by atoms with E-state index in [0.717, 1.165) is 18.5 Å². The Labute approximate surface area is 139 Å². The first-order valence-electron chi connectivity index (χ1n) is 8.01. The van der Waals surface area contributed by atoms with E-state index < -0.39 is 11.5 Å². The van der Waals surface area contributed by atoms with Crippen LogP contribution in [-0.4, -0.2) is 37.3 Å². The SMILES string of the molecule is CC1CCC(NC(=O)c2ccc(-n3cnnc3)cc2)(C(=O)O)CC1. The molecule has 2 N–H and O–H groups in total. The smallest absolute Gasteiger partial charge is 0.329 e. The summed E-state index contributed by atoms with van der Waals surface area (Å²) in [5, 5.41) is 19.8. The summed E-state index contributed by atoms with van der Waals surface area (Å²) in [5.74, 6) is -0.816. The third-order valence-electron chi connectivity index (χ3n) is 4.74. The Morgan fingerprint density at radius 1 is 1.17 bits per heavy atom. The molecule has 3 rings (SSSR count). The van der Waals surface area contributed by atoms with E-state index in [-0.39, 0.29) is 5.91 Å². The lowest BCUT2D eigenvalue weighted by molar-refractivity contribution is -0.146. The number of rotatable bonds is 4. The molecule has 0 unspecified atom stereocenters. The number of benzene rings is 1. The number of carboxylic acid groups (broad SMARTS) is 1. The number of amides is 1. The second-order valence-corrected chi connectivity index (χ2v) is 6.44. The molecule has 1 aromatic carbocycles. The summed E-state index contributed by atoms with van der Waals surface area (Å²) >= 11 is 0. The van der Waals surface area contributed by atoms with Gasteiger partial charge in [0.05, 0.1) is 0 Å². The Hall–Kier alpha value is -2.70. The first-order valence-corrected chi connectivity index (χ1v) is 8.01. The molecule has 126 valence electrons. The van der Waals surface area contributed by atoms with Crippen molar-refractivity contribution in [2.75, 3.05) is 0 Å². The van der Waals surface area contributed by atoms with E-state index in [1.54, 1.807) is 41.5 Å². The fraction of sp³-hybridized carbons (Fsp3) is 0.412. The normalized spacial score (nSPS) is 23.6. The lowest BCUT2D eigenvalue weighted by Crippen LogP contribution is -2.56. The first kappa shape index (κ1) is 16.2. The second kappa shape index (κ2) is 6.43. The zero-order valence-electron chi connectivity index (χ0n) is 13.5. The summed E-state index contributed by atoms with van der Waals surface area (Å²) in [6, 6.07) is 6.89. The molecule has 7 nitrogen and oxygen atoms in total. The molecule has 1 aliphatic carbocycles. The molecule has 1 aromatic heterocycles. The van der Waals surface area contributed by atoms with Crippen molar-refractivity contribution in [3.05, 3.63) is 42.5 Å². The Bertz CT molecular complexity index is 717. The van der Waals surface area contributed by atoms with E-state index in [0.29, 0.717) is 24.3 Å². The van der Waals surface area contributed by atoms with Gasteiger partial charge in [-0.3, -0.25) is 9.36 Å². The predicted octanol–water partition coefficient (Wildman–Crippen LogP) is 2.03. The maximum Gasteiger partial charge on any atom is 0.329 e. The van der Waals surface area contributed by atoms with Gasteiger partial charge in [-0.2, -0.15) is 0 Å². The maximum absolute atomic E-state index is 12.5. The molecule has 1 amide bonds. The van der Waals surface area contributed by atoms with Gasteiger partial charge in [-0.25, -0.2) is 4.79 Å². The summed E-state index contributed by atoms with van der Waals surface area (Å²) in [7, 11) is 0. The van der Waals surface area contributed by atoms with Crippen molar-refractivity contribution >= 4 is 11.9 Å². The third-order valence-corrected chi connectivity index (χ3v) is 4.74. The van der Waals surface area contributed by atoms with Crippen LogP contribution in [0.2, 0.25) is 0 Å². The fourth-order valence-electron chi connectivity index (χ4n) is 3.06. The zero-order chi connectivity index (χ0) is 17.2. The van der Waals surface area contributed by atoms with Crippen molar-refractivity contribution in [2.45, 2.75) is 38.1 Å². The van der Waals surface area contributed by atoms with E-state index in [1.807, 2.05) is 0 Å². The number of hydrogen-bond acceptors (Lipinski definition) is 4. The molecular weight excluding hydrogens is 308 g/mol. The topological polar surface area (TPSA) is 97.1 Å². The number of hydrogen-bond donors (Lipinski definition) is 2. The molecule has 1 heterocycles. The van der Waals surface area contributed by atoms with Gasteiger partial charge in [-0.15, -0.1) is 10.2 Å². The summed E-state index contributed by atoms with van der Waals surface area (Å²) in [4.78, 5) is 24.2. The highest BCUT2D eigenvalue weighted by molar-refractivity contribution is 5.98. The number of nitrogens with one attached hydrogen (secondary N) is 1. The minimum Gasteiger partial charge on any atom is -0.480 e. The Morgan fingerprint density at radius 3 is 2.29 bits per heavy atom. The second-order valence-electron chi connectivity index (χ2n) is 6.44. The lowest BCUT2D eigenvalue weighted by Gasteiger charge is -2.36. The van der Waals surface area contributed by atoms with Crippen LogP contribution < -0.4 is 5.32 Å². The molecule has 7 heteroatoms.